The Kier molecular flexibility index (Phi) is 5.50. The summed E-state index contributed by atoms with van der Waals surface area (Å²) in [5.74, 6) is -0.0468. The first kappa shape index (κ1) is 15.4. The summed E-state index contributed by atoms with van der Waals surface area (Å²) in [5, 5.41) is 11.7. The third kappa shape index (κ3) is 3.56. The van der Waals surface area contributed by atoms with Crippen molar-refractivity contribution in [3.8, 4) is 0 Å². The van der Waals surface area contributed by atoms with Crippen molar-refractivity contribution in [2.45, 2.75) is 18.1 Å². The number of hydrogen-bond donors (Lipinski definition) is 1. The third-order valence-electron chi connectivity index (χ3n) is 2.60. The second kappa shape index (κ2) is 7.14. The van der Waals surface area contributed by atoms with Crippen molar-refractivity contribution in [2.75, 3.05) is 17.8 Å². The van der Waals surface area contributed by atoms with Gasteiger partial charge in [0, 0.05) is 6.54 Å². The molecule has 0 atom stereocenters. The van der Waals surface area contributed by atoms with Crippen LogP contribution in [0.15, 0.2) is 21.4 Å². The first-order valence-corrected chi connectivity index (χ1v) is 9.21. The second-order valence-electron chi connectivity index (χ2n) is 4.02. The second-order valence-corrected chi connectivity index (χ2v) is 6.84. The minimum Gasteiger partial charge on any atom is -0.481 e. The molecule has 0 aliphatic heterocycles. The fraction of sp³-hybridized carbons (Fsp3) is 0.417. The van der Waals surface area contributed by atoms with Crippen LogP contribution in [0.5, 0.6) is 0 Å². The molecule has 2 heterocycles. The number of rotatable bonds is 7. The summed E-state index contributed by atoms with van der Waals surface area (Å²) in [4.78, 5) is 28.2. The summed E-state index contributed by atoms with van der Waals surface area (Å²) in [5.41, 5.74) is -0.0785. The first-order valence-electron chi connectivity index (χ1n) is 5.95. The summed E-state index contributed by atoms with van der Waals surface area (Å²) in [6.45, 7) is 0.570. The molecule has 0 aliphatic carbocycles. The maximum Gasteiger partial charge on any atom is 0.313 e. The number of carbonyl (C=O) groups is 1. The van der Waals surface area contributed by atoms with Crippen LogP contribution in [-0.2, 0) is 11.3 Å². The summed E-state index contributed by atoms with van der Waals surface area (Å²) in [6, 6.07) is 1.77. The zero-order valence-electron chi connectivity index (χ0n) is 10.9. The predicted octanol–water partition coefficient (Wildman–Crippen LogP) is 2.39. The SMILES string of the molecule is CSCCCn1c(SCC(=O)O)nc2sccc2c1=O. The zero-order chi connectivity index (χ0) is 14.5. The molecular formula is C12H14N2O3S3. The number of aliphatic carboxylic acids is 1. The van der Waals surface area contributed by atoms with E-state index >= 15 is 0 Å². The highest BCUT2D eigenvalue weighted by Gasteiger charge is 2.13. The highest BCUT2D eigenvalue weighted by atomic mass is 32.2. The number of thioether (sulfide) groups is 2. The summed E-state index contributed by atoms with van der Waals surface area (Å²) in [6.07, 6.45) is 2.88. The topological polar surface area (TPSA) is 72.2 Å². The van der Waals surface area contributed by atoms with Gasteiger partial charge in [-0.15, -0.1) is 11.3 Å². The highest BCUT2D eigenvalue weighted by molar-refractivity contribution is 7.99. The molecule has 0 fully saturated rings. The van der Waals surface area contributed by atoms with Crippen molar-refractivity contribution in [1.82, 2.24) is 9.55 Å². The third-order valence-corrected chi connectivity index (χ3v) is 5.07. The molecule has 0 radical (unpaired) electrons. The molecular weight excluding hydrogens is 316 g/mol. The Bertz CT molecular complexity index is 666. The lowest BCUT2D eigenvalue weighted by molar-refractivity contribution is -0.133. The van der Waals surface area contributed by atoms with Crippen LogP contribution in [0.3, 0.4) is 0 Å². The van der Waals surface area contributed by atoms with Crippen LogP contribution in [0.2, 0.25) is 0 Å². The van der Waals surface area contributed by atoms with E-state index in [2.05, 4.69) is 4.98 Å². The van der Waals surface area contributed by atoms with Gasteiger partial charge in [0.05, 0.1) is 11.1 Å². The monoisotopic (exact) mass is 330 g/mol. The summed E-state index contributed by atoms with van der Waals surface area (Å²) >= 11 is 4.22. The molecule has 2 rings (SSSR count). The minimum absolute atomic E-state index is 0.0785. The smallest absolute Gasteiger partial charge is 0.313 e. The lowest BCUT2D eigenvalue weighted by atomic mass is 10.4. The maximum atomic E-state index is 12.4. The average Bonchev–Trinajstić information content (AvgIpc) is 2.87. The molecule has 8 heteroatoms. The van der Waals surface area contributed by atoms with E-state index in [4.69, 9.17) is 5.11 Å². The molecule has 0 unspecified atom stereocenters. The maximum absolute atomic E-state index is 12.4. The lowest BCUT2D eigenvalue weighted by Crippen LogP contribution is -2.23. The van der Waals surface area contributed by atoms with Crippen molar-refractivity contribution < 1.29 is 9.90 Å². The van der Waals surface area contributed by atoms with Crippen LogP contribution in [0.1, 0.15) is 6.42 Å². The van der Waals surface area contributed by atoms with Gasteiger partial charge < -0.3 is 5.11 Å². The van der Waals surface area contributed by atoms with Gasteiger partial charge in [0.2, 0.25) is 0 Å². The average molecular weight is 330 g/mol. The Labute approximate surface area is 128 Å². The van der Waals surface area contributed by atoms with Crippen LogP contribution in [0.4, 0.5) is 0 Å². The van der Waals surface area contributed by atoms with Crippen LogP contribution >= 0.6 is 34.9 Å². The van der Waals surface area contributed by atoms with Gasteiger partial charge in [0.1, 0.15) is 4.83 Å². The number of thiophene rings is 1. The van der Waals surface area contributed by atoms with E-state index in [1.165, 1.54) is 11.3 Å². The minimum atomic E-state index is -0.911. The van der Waals surface area contributed by atoms with Gasteiger partial charge in [-0.25, -0.2) is 4.98 Å². The fourth-order valence-electron chi connectivity index (χ4n) is 1.73. The van der Waals surface area contributed by atoms with Crippen LogP contribution in [0, 0.1) is 0 Å². The van der Waals surface area contributed by atoms with Crippen LogP contribution in [-0.4, -0.2) is 38.4 Å². The van der Waals surface area contributed by atoms with Crippen LogP contribution < -0.4 is 5.56 Å². The Balaban J connectivity index is 2.37. The molecule has 20 heavy (non-hydrogen) atoms. The number of fused-ring (bicyclic) bond motifs is 1. The lowest BCUT2D eigenvalue weighted by Gasteiger charge is -2.10. The van der Waals surface area contributed by atoms with E-state index < -0.39 is 5.97 Å². The van der Waals surface area contributed by atoms with Crippen molar-refractivity contribution in [1.29, 1.82) is 0 Å². The Morgan fingerprint density at radius 2 is 2.35 bits per heavy atom. The van der Waals surface area contributed by atoms with Crippen molar-refractivity contribution in [3.05, 3.63) is 21.8 Å². The Morgan fingerprint density at radius 1 is 1.55 bits per heavy atom. The van der Waals surface area contributed by atoms with Gasteiger partial charge in [0.25, 0.3) is 5.56 Å². The molecule has 0 saturated carbocycles. The number of carboxylic acids is 1. The Morgan fingerprint density at radius 3 is 3.05 bits per heavy atom. The van der Waals surface area contributed by atoms with Gasteiger partial charge in [0.15, 0.2) is 5.16 Å². The number of carboxylic acid groups (broad SMARTS) is 1. The van der Waals surface area contributed by atoms with E-state index in [-0.39, 0.29) is 11.3 Å². The van der Waals surface area contributed by atoms with Gasteiger partial charge in [-0.3, -0.25) is 14.2 Å². The van der Waals surface area contributed by atoms with E-state index in [0.29, 0.717) is 21.9 Å². The van der Waals surface area contributed by atoms with Gasteiger partial charge >= 0.3 is 5.97 Å². The van der Waals surface area contributed by atoms with Gasteiger partial charge in [-0.05, 0) is 29.9 Å². The fourth-order valence-corrected chi connectivity index (χ4v) is 3.70. The molecule has 1 N–H and O–H groups in total. The molecule has 0 aromatic carbocycles. The predicted molar refractivity (Wildman–Crippen MR) is 85.2 cm³/mol. The normalized spacial score (nSPS) is 11.1. The van der Waals surface area contributed by atoms with Crippen molar-refractivity contribution >= 4 is 51.0 Å². The summed E-state index contributed by atoms with van der Waals surface area (Å²) in [7, 11) is 0. The molecule has 0 aliphatic rings. The Hall–Kier alpha value is -0.990. The van der Waals surface area contributed by atoms with Crippen molar-refractivity contribution in [3.63, 3.8) is 0 Å². The quantitative estimate of drug-likeness (QED) is 0.477. The molecule has 108 valence electrons. The number of hydrogen-bond acceptors (Lipinski definition) is 6. The summed E-state index contributed by atoms with van der Waals surface area (Å²) < 4.78 is 1.60. The van der Waals surface area contributed by atoms with E-state index in [0.717, 1.165) is 23.9 Å². The number of nitrogens with zero attached hydrogens (tertiary/aromatic N) is 2. The molecule has 0 bridgehead atoms. The standard InChI is InChI=1S/C12H14N2O3S3/c1-18-5-2-4-14-11(17)8-3-6-19-10(8)13-12(14)20-7-9(15)16/h3,6H,2,4-5,7H2,1H3,(H,15,16). The molecule has 0 amide bonds. The highest BCUT2D eigenvalue weighted by Crippen LogP contribution is 2.21. The van der Waals surface area contributed by atoms with E-state index in [9.17, 15) is 9.59 Å². The molecule has 2 aromatic heterocycles. The van der Waals surface area contributed by atoms with E-state index in [1.54, 1.807) is 22.4 Å². The van der Waals surface area contributed by atoms with E-state index in [1.807, 2.05) is 11.6 Å². The largest absolute Gasteiger partial charge is 0.481 e. The van der Waals surface area contributed by atoms with Gasteiger partial charge in [-0.1, -0.05) is 11.8 Å². The molecule has 2 aromatic rings. The van der Waals surface area contributed by atoms with Gasteiger partial charge in [-0.2, -0.15) is 11.8 Å². The number of aromatic nitrogens is 2. The first-order chi connectivity index (χ1) is 9.63. The molecule has 5 nitrogen and oxygen atoms in total. The molecule has 0 spiro atoms. The van der Waals surface area contributed by atoms with Crippen LogP contribution in [0.25, 0.3) is 10.2 Å². The molecule has 0 saturated heterocycles. The van der Waals surface area contributed by atoms with Crippen molar-refractivity contribution in [2.24, 2.45) is 0 Å². The zero-order valence-corrected chi connectivity index (χ0v) is 13.3.